The minimum absolute atomic E-state index is 0.110. The molecule has 21 heavy (non-hydrogen) atoms. The summed E-state index contributed by atoms with van der Waals surface area (Å²) in [5, 5.41) is 14.4. The number of anilines is 1. The quantitative estimate of drug-likeness (QED) is 0.592. The fourth-order valence-electron chi connectivity index (χ4n) is 2.70. The van der Waals surface area contributed by atoms with Crippen LogP contribution in [0, 0.1) is 16.0 Å². The number of aromatic nitrogens is 1. The summed E-state index contributed by atoms with van der Waals surface area (Å²) >= 11 is 0. The van der Waals surface area contributed by atoms with Gasteiger partial charge in [0.2, 0.25) is 5.82 Å². The molecule has 0 saturated heterocycles. The van der Waals surface area contributed by atoms with Crippen LogP contribution in [0.15, 0.2) is 12.3 Å². The van der Waals surface area contributed by atoms with E-state index in [2.05, 4.69) is 17.2 Å². The first-order valence-electron chi connectivity index (χ1n) is 7.24. The summed E-state index contributed by atoms with van der Waals surface area (Å²) in [6, 6.07) is 1.43. The number of nitrogens with one attached hydrogen (secondary N) is 1. The first-order chi connectivity index (χ1) is 10.0. The van der Waals surface area contributed by atoms with E-state index in [1.165, 1.54) is 18.7 Å². The summed E-state index contributed by atoms with van der Waals surface area (Å²) in [7, 11) is 0. The van der Waals surface area contributed by atoms with Crippen LogP contribution in [-0.2, 0) is 0 Å². The average molecular weight is 292 g/mol. The first-order valence-corrected chi connectivity index (χ1v) is 7.24. The van der Waals surface area contributed by atoms with Crippen molar-refractivity contribution in [2.45, 2.75) is 45.1 Å². The van der Waals surface area contributed by atoms with Gasteiger partial charge < -0.3 is 11.1 Å². The highest BCUT2D eigenvalue weighted by atomic mass is 16.6. The van der Waals surface area contributed by atoms with E-state index in [0.717, 1.165) is 25.7 Å². The van der Waals surface area contributed by atoms with E-state index >= 15 is 0 Å². The smallest absolute Gasteiger partial charge is 0.324 e. The molecule has 7 heteroatoms. The third kappa shape index (κ3) is 3.29. The molecule has 1 saturated carbocycles. The van der Waals surface area contributed by atoms with E-state index in [4.69, 9.17) is 5.73 Å². The number of pyridine rings is 1. The Kier molecular flexibility index (Phi) is 4.72. The van der Waals surface area contributed by atoms with Crippen LogP contribution in [0.4, 0.5) is 11.5 Å². The second-order valence-electron chi connectivity index (χ2n) is 5.41. The van der Waals surface area contributed by atoms with Gasteiger partial charge in [-0.05, 0) is 31.2 Å². The largest absolute Gasteiger partial charge is 0.365 e. The second-order valence-corrected chi connectivity index (χ2v) is 5.41. The zero-order valence-corrected chi connectivity index (χ0v) is 12.0. The Bertz CT molecular complexity index is 543. The number of amides is 1. The van der Waals surface area contributed by atoms with Crippen molar-refractivity contribution >= 4 is 17.4 Å². The van der Waals surface area contributed by atoms with E-state index in [9.17, 15) is 14.9 Å². The van der Waals surface area contributed by atoms with Gasteiger partial charge in [0.1, 0.15) is 5.56 Å². The maximum absolute atomic E-state index is 11.4. The summed E-state index contributed by atoms with van der Waals surface area (Å²) in [5.41, 5.74) is 4.77. The number of hydrogen-bond acceptors (Lipinski definition) is 5. The normalized spacial score (nSPS) is 16.0. The van der Waals surface area contributed by atoms with Gasteiger partial charge in [-0.2, -0.15) is 0 Å². The fourth-order valence-corrected chi connectivity index (χ4v) is 2.70. The molecule has 7 nitrogen and oxygen atoms in total. The van der Waals surface area contributed by atoms with Crippen molar-refractivity contribution in [1.29, 1.82) is 0 Å². The summed E-state index contributed by atoms with van der Waals surface area (Å²) in [6.45, 7) is 2.08. The van der Waals surface area contributed by atoms with E-state index in [1.807, 2.05) is 0 Å². The molecule has 1 unspecified atom stereocenters. The molecular weight excluding hydrogens is 272 g/mol. The van der Waals surface area contributed by atoms with Crippen molar-refractivity contribution in [3.63, 3.8) is 0 Å². The molecule has 1 fully saturated rings. The van der Waals surface area contributed by atoms with Gasteiger partial charge in [-0.25, -0.2) is 4.98 Å². The lowest BCUT2D eigenvalue weighted by Gasteiger charge is -2.34. The van der Waals surface area contributed by atoms with Crippen LogP contribution in [-0.4, -0.2) is 21.9 Å². The molecule has 1 amide bonds. The molecule has 3 N–H and O–H groups in total. The van der Waals surface area contributed by atoms with Gasteiger partial charge in [-0.15, -0.1) is 0 Å². The van der Waals surface area contributed by atoms with Gasteiger partial charge in [-0.3, -0.25) is 14.9 Å². The molecule has 1 heterocycles. The zero-order valence-electron chi connectivity index (χ0n) is 12.0. The maximum Gasteiger partial charge on any atom is 0.324 e. The number of rotatable bonds is 7. The van der Waals surface area contributed by atoms with Gasteiger partial charge >= 0.3 is 5.69 Å². The molecule has 0 bridgehead atoms. The predicted molar refractivity (Wildman–Crippen MR) is 79.1 cm³/mol. The molecule has 1 atom stereocenters. The first kappa shape index (κ1) is 15.2. The zero-order chi connectivity index (χ0) is 15.4. The van der Waals surface area contributed by atoms with Gasteiger partial charge in [0.05, 0.1) is 4.92 Å². The summed E-state index contributed by atoms with van der Waals surface area (Å²) in [4.78, 5) is 26.1. The topological polar surface area (TPSA) is 111 Å². The van der Waals surface area contributed by atoms with Crippen LogP contribution >= 0.6 is 0 Å². The Hall–Kier alpha value is -2.18. The van der Waals surface area contributed by atoms with Gasteiger partial charge in [0, 0.05) is 12.2 Å². The number of nitrogens with two attached hydrogens (primary N) is 1. The highest BCUT2D eigenvalue weighted by molar-refractivity contribution is 5.98. The lowest BCUT2D eigenvalue weighted by molar-refractivity contribution is -0.384. The lowest BCUT2D eigenvalue weighted by Crippen LogP contribution is -2.34. The molecule has 1 aromatic heterocycles. The average Bonchev–Trinajstić information content (AvgIpc) is 2.36. The van der Waals surface area contributed by atoms with Crippen molar-refractivity contribution in [3.05, 3.63) is 27.9 Å². The Morgan fingerprint density at radius 2 is 2.33 bits per heavy atom. The summed E-state index contributed by atoms with van der Waals surface area (Å²) in [5.74, 6) is -0.159. The number of carbonyl (C=O) groups excluding carboxylic acids is 1. The summed E-state index contributed by atoms with van der Waals surface area (Å²) < 4.78 is 0. The third-order valence-corrected chi connectivity index (χ3v) is 4.01. The predicted octanol–water partition coefficient (Wildman–Crippen LogP) is 2.47. The Morgan fingerprint density at radius 1 is 1.62 bits per heavy atom. The van der Waals surface area contributed by atoms with Gasteiger partial charge in [-0.1, -0.05) is 19.8 Å². The molecule has 0 spiro atoms. The molecule has 2 rings (SSSR count). The standard InChI is InChI=1S/C14H20N4O3/c1-2-4-11(9-5-3-6-9)17-14-12(18(20)21)10(13(15)19)7-8-16-14/h7-9,11H,2-6H2,1H3,(H2,15,19)(H,16,17). The third-order valence-electron chi connectivity index (χ3n) is 4.01. The maximum atomic E-state index is 11.4. The fraction of sp³-hybridized carbons (Fsp3) is 0.571. The van der Waals surface area contributed by atoms with Crippen LogP contribution < -0.4 is 11.1 Å². The van der Waals surface area contributed by atoms with Crippen molar-refractivity contribution in [1.82, 2.24) is 4.98 Å². The molecule has 0 radical (unpaired) electrons. The van der Waals surface area contributed by atoms with Crippen LogP contribution in [0.25, 0.3) is 0 Å². The Morgan fingerprint density at radius 3 is 2.81 bits per heavy atom. The SMILES string of the molecule is CCCC(Nc1nccc(C(N)=O)c1[N+](=O)[O-])C1CCC1. The van der Waals surface area contributed by atoms with Crippen LogP contribution in [0.1, 0.15) is 49.4 Å². The molecule has 0 aromatic carbocycles. The highest BCUT2D eigenvalue weighted by Crippen LogP contribution is 2.35. The van der Waals surface area contributed by atoms with Crippen LogP contribution in [0.2, 0.25) is 0 Å². The highest BCUT2D eigenvalue weighted by Gasteiger charge is 2.30. The minimum Gasteiger partial charge on any atom is -0.365 e. The molecule has 1 aliphatic rings. The molecule has 114 valence electrons. The van der Waals surface area contributed by atoms with Crippen molar-refractivity contribution in [2.24, 2.45) is 11.7 Å². The van der Waals surface area contributed by atoms with Crippen molar-refractivity contribution < 1.29 is 9.72 Å². The van der Waals surface area contributed by atoms with Gasteiger partial charge in [0.15, 0.2) is 0 Å². The van der Waals surface area contributed by atoms with Crippen molar-refractivity contribution in [3.8, 4) is 0 Å². The minimum atomic E-state index is -0.817. The number of nitrogens with zero attached hydrogens (tertiary/aromatic N) is 2. The number of hydrogen-bond donors (Lipinski definition) is 2. The van der Waals surface area contributed by atoms with E-state index in [0.29, 0.717) is 5.92 Å². The van der Waals surface area contributed by atoms with E-state index < -0.39 is 10.8 Å². The number of nitro groups is 1. The van der Waals surface area contributed by atoms with E-state index in [-0.39, 0.29) is 23.1 Å². The molecular formula is C14H20N4O3. The monoisotopic (exact) mass is 292 g/mol. The number of primary amides is 1. The van der Waals surface area contributed by atoms with Crippen LogP contribution in [0.3, 0.4) is 0 Å². The van der Waals surface area contributed by atoms with Crippen LogP contribution in [0.5, 0.6) is 0 Å². The van der Waals surface area contributed by atoms with Crippen molar-refractivity contribution in [2.75, 3.05) is 5.32 Å². The Balaban J connectivity index is 2.31. The van der Waals surface area contributed by atoms with Gasteiger partial charge in [0.25, 0.3) is 5.91 Å². The molecule has 1 aromatic rings. The molecule has 0 aliphatic heterocycles. The molecule has 1 aliphatic carbocycles. The lowest BCUT2D eigenvalue weighted by atomic mass is 9.78. The summed E-state index contributed by atoms with van der Waals surface area (Å²) in [6.07, 6.45) is 6.73. The second kappa shape index (κ2) is 6.51. The van der Waals surface area contributed by atoms with E-state index in [1.54, 1.807) is 0 Å². The number of carbonyl (C=O) groups is 1. The Labute approximate surface area is 123 Å².